The van der Waals surface area contributed by atoms with E-state index >= 15 is 0 Å². The van der Waals surface area contributed by atoms with Crippen LogP contribution in [0, 0.1) is 0 Å². The number of aliphatic carboxylic acids is 1. The fraction of sp³-hybridized carbons (Fsp3) is 0.833. The molecule has 1 rings (SSSR count). The number of nitrogens with zero attached hydrogens (tertiary/aromatic N) is 1. The van der Waals surface area contributed by atoms with Gasteiger partial charge in [-0.25, -0.2) is 9.59 Å². The Hall–Kier alpha value is -1.34. The first-order valence-corrected chi connectivity index (χ1v) is 6.72. The molecule has 0 aromatic rings. The topological polar surface area (TPSA) is 102 Å². The number of amides is 2. The predicted octanol–water partition coefficient (Wildman–Crippen LogP) is -0.394. The highest BCUT2D eigenvalue weighted by atomic mass is 16.4. The molecule has 2 amide bonds. The van der Waals surface area contributed by atoms with Crippen molar-refractivity contribution in [2.45, 2.75) is 38.3 Å². The maximum atomic E-state index is 12.0. The van der Waals surface area contributed by atoms with Gasteiger partial charge in [0.25, 0.3) is 0 Å². The summed E-state index contributed by atoms with van der Waals surface area (Å²) in [6, 6.07) is -0.114. The van der Waals surface area contributed by atoms with Crippen LogP contribution in [-0.2, 0) is 4.79 Å². The first kappa shape index (κ1) is 15.7. The molecule has 110 valence electrons. The normalized spacial score (nSPS) is 17.8. The zero-order valence-electron chi connectivity index (χ0n) is 11.3. The first-order valence-electron chi connectivity index (χ1n) is 6.72. The second kappa shape index (κ2) is 7.96. The fourth-order valence-corrected chi connectivity index (χ4v) is 2.18. The van der Waals surface area contributed by atoms with Crippen LogP contribution in [0.25, 0.3) is 0 Å². The summed E-state index contributed by atoms with van der Waals surface area (Å²) in [6.07, 6.45) is 1.09. The van der Waals surface area contributed by atoms with E-state index < -0.39 is 12.1 Å². The lowest BCUT2D eigenvalue weighted by atomic mass is 10.0. The summed E-state index contributed by atoms with van der Waals surface area (Å²) >= 11 is 0. The van der Waals surface area contributed by atoms with Gasteiger partial charge < -0.3 is 25.7 Å². The van der Waals surface area contributed by atoms with Gasteiger partial charge in [-0.3, -0.25) is 0 Å². The molecule has 0 spiro atoms. The summed E-state index contributed by atoms with van der Waals surface area (Å²) in [5, 5.41) is 23.4. The van der Waals surface area contributed by atoms with Crippen molar-refractivity contribution < 1.29 is 19.8 Å². The second-order valence-corrected chi connectivity index (χ2v) is 4.71. The number of carboxylic acids is 1. The van der Waals surface area contributed by atoms with Crippen molar-refractivity contribution in [2.75, 3.05) is 26.2 Å². The van der Waals surface area contributed by atoms with Gasteiger partial charge in [-0.2, -0.15) is 0 Å². The molecule has 7 heteroatoms. The number of hydrogen-bond acceptors (Lipinski definition) is 4. The third-order valence-corrected chi connectivity index (χ3v) is 3.21. The molecule has 0 radical (unpaired) electrons. The third kappa shape index (κ3) is 5.04. The molecule has 4 N–H and O–H groups in total. The van der Waals surface area contributed by atoms with Gasteiger partial charge in [0.05, 0.1) is 6.54 Å². The van der Waals surface area contributed by atoms with Gasteiger partial charge in [0.1, 0.15) is 0 Å². The number of piperidine rings is 1. The highest BCUT2D eigenvalue weighted by Gasteiger charge is 2.25. The van der Waals surface area contributed by atoms with Crippen molar-refractivity contribution in [2.24, 2.45) is 0 Å². The number of carboxylic acid groups (broad SMARTS) is 1. The summed E-state index contributed by atoms with van der Waals surface area (Å²) in [6.45, 7) is 4.14. The Kier molecular flexibility index (Phi) is 6.58. The van der Waals surface area contributed by atoms with E-state index in [0.717, 1.165) is 32.4 Å². The lowest BCUT2D eigenvalue weighted by molar-refractivity contribution is -0.146. The minimum atomic E-state index is -1.56. The van der Waals surface area contributed by atoms with E-state index in [0.29, 0.717) is 6.54 Å². The number of nitrogens with one attached hydrogen (secondary N) is 2. The maximum absolute atomic E-state index is 12.0. The van der Waals surface area contributed by atoms with Crippen LogP contribution in [0.2, 0.25) is 0 Å². The standard InChI is InChI=1S/C12H23N3O4/c1-2-7-15(9-3-5-13-6-4-9)12(19)14-8-10(16)11(17)18/h9-10,13,16H,2-8H2,1H3,(H,14,19)(H,17,18)/t10-/m0/s1. The molecular formula is C12H23N3O4. The quantitative estimate of drug-likeness (QED) is 0.528. The summed E-state index contributed by atoms with van der Waals surface area (Å²) in [7, 11) is 0. The van der Waals surface area contributed by atoms with E-state index in [1.54, 1.807) is 4.90 Å². The van der Waals surface area contributed by atoms with Crippen LogP contribution in [0.4, 0.5) is 4.79 Å². The predicted molar refractivity (Wildman–Crippen MR) is 69.9 cm³/mol. The van der Waals surface area contributed by atoms with E-state index in [9.17, 15) is 9.59 Å². The van der Waals surface area contributed by atoms with E-state index in [2.05, 4.69) is 10.6 Å². The Bertz CT molecular complexity index is 305. The zero-order chi connectivity index (χ0) is 14.3. The number of carbonyl (C=O) groups is 2. The molecule has 0 aliphatic carbocycles. The van der Waals surface area contributed by atoms with Crippen molar-refractivity contribution in [3.63, 3.8) is 0 Å². The molecule has 0 bridgehead atoms. The van der Waals surface area contributed by atoms with Gasteiger partial charge in [-0.15, -0.1) is 0 Å². The van der Waals surface area contributed by atoms with E-state index in [-0.39, 0.29) is 18.6 Å². The molecule has 1 heterocycles. The number of aliphatic hydroxyl groups excluding tert-OH is 1. The van der Waals surface area contributed by atoms with Gasteiger partial charge in [-0.1, -0.05) is 6.92 Å². The van der Waals surface area contributed by atoms with Crippen LogP contribution in [0.15, 0.2) is 0 Å². The molecular weight excluding hydrogens is 250 g/mol. The summed E-state index contributed by atoms with van der Waals surface area (Å²) in [5.41, 5.74) is 0. The average Bonchev–Trinajstić information content (AvgIpc) is 2.42. The fourth-order valence-electron chi connectivity index (χ4n) is 2.18. The molecule has 0 saturated carbocycles. The van der Waals surface area contributed by atoms with Crippen molar-refractivity contribution >= 4 is 12.0 Å². The number of carbonyl (C=O) groups excluding carboxylic acids is 1. The highest BCUT2D eigenvalue weighted by molar-refractivity contribution is 5.77. The molecule has 19 heavy (non-hydrogen) atoms. The van der Waals surface area contributed by atoms with Gasteiger partial charge in [0, 0.05) is 12.6 Å². The zero-order valence-corrected chi connectivity index (χ0v) is 11.3. The Labute approximate surface area is 113 Å². The Morgan fingerprint density at radius 3 is 2.58 bits per heavy atom. The number of urea groups is 1. The molecule has 1 atom stereocenters. The Balaban J connectivity index is 2.49. The van der Waals surface area contributed by atoms with Crippen molar-refractivity contribution in [3.05, 3.63) is 0 Å². The van der Waals surface area contributed by atoms with Crippen LogP contribution in [0.5, 0.6) is 0 Å². The molecule has 1 fully saturated rings. The molecule has 1 aliphatic heterocycles. The van der Waals surface area contributed by atoms with Crippen molar-refractivity contribution in [1.82, 2.24) is 15.5 Å². The van der Waals surface area contributed by atoms with Crippen molar-refractivity contribution in [3.8, 4) is 0 Å². The minimum absolute atomic E-state index is 0.183. The van der Waals surface area contributed by atoms with Gasteiger partial charge in [-0.05, 0) is 32.4 Å². The van der Waals surface area contributed by atoms with Crippen LogP contribution < -0.4 is 10.6 Å². The van der Waals surface area contributed by atoms with Gasteiger partial charge in [0.2, 0.25) is 0 Å². The highest BCUT2D eigenvalue weighted by Crippen LogP contribution is 2.12. The van der Waals surface area contributed by atoms with Crippen LogP contribution in [0.3, 0.4) is 0 Å². The maximum Gasteiger partial charge on any atom is 0.334 e. The third-order valence-electron chi connectivity index (χ3n) is 3.21. The molecule has 1 aliphatic rings. The lowest BCUT2D eigenvalue weighted by Crippen LogP contribution is -2.51. The Morgan fingerprint density at radius 1 is 1.42 bits per heavy atom. The van der Waals surface area contributed by atoms with E-state index in [1.807, 2.05) is 6.92 Å². The largest absolute Gasteiger partial charge is 0.479 e. The van der Waals surface area contributed by atoms with Crippen LogP contribution in [0.1, 0.15) is 26.2 Å². The monoisotopic (exact) mass is 273 g/mol. The summed E-state index contributed by atoms with van der Waals surface area (Å²) < 4.78 is 0. The molecule has 1 saturated heterocycles. The molecule has 7 nitrogen and oxygen atoms in total. The lowest BCUT2D eigenvalue weighted by Gasteiger charge is -2.34. The number of hydrogen-bond donors (Lipinski definition) is 4. The first-order chi connectivity index (χ1) is 9.06. The van der Waals surface area contributed by atoms with Crippen molar-refractivity contribution in [1.29, 1.82) is 0 Å². The number of aliphatic hydroxyl groups is 1. The summed E-state index contributed by atoms with van der Waals surface area (Å²) in [5.74, 6) is -1.33. The Morgan fingerprint density at radius 2 is 2.05 bits per heavy atom. The molecule has 0 unspecified atom stereocenters. The minimum Gasteiger partial charge on any atom is -0.479 e. The van der Waals surface area contributed by atoms with Crippen LogP contribution in [-0.4, -0.2) is 65.4 Å². The molecule has 0 aromatic carbocycles. The van der Waals surface area contributed by atoms with Crippen LogP contribution >= 0.6 is 0 Å². The number of rotatable bonds is 6. The second-order valence-electron chi connectivity index (χ2n) is 4.71. The van der Waals surface area contributed by atoms with Gasteiger partial charge >= 0.3 is 12.0 Å². The molecule has 0 aromatic heterocycles. The van der Waals surface area contributed by atoms with E-state index in [1.165, 1.54) is 0 Å². The SMILES string of the molecule is CCCN(C(=O)NC[C@H](O)C(=O)O)C1CCNCC1. The van der Waals surface area contributed by atoms with Gasteiger partial charge in [0.15, 0.2) is 6.10 Å². The van der Waals surface area contributed by atoms with E-state index in [4.69, 9.17) is 10.2 Å². The smallest absolute Gasteiger partial charge is 0.334 e. The average molecular weight is 273 g/mol. The summed E-state index contributed by atoms with van der Waals surface area (Å²) in [4.78, 5) is 24.3.